The number of aromatic carboxylic acids is 1. The maximum Gasteiger partial charge on any atom is 0.335 e. The van der Waals surface area contributed by atoms with Crippen molar-refractivity contribution in [3.63, 3.8) is 0 Å². The quantitative estimate of drug-likeness (QED) is 0.198. The number of ether oxygens (including phenoxy) is 1. The first-order valence-corrected chi connectivity index (χ1v) is 14.2. The molecule has 0 aliphatic carbocycles. The third kappa shape index (κ3) is 6.83. The summed E-state index contributed by atoms with van der Waals surface area (Å²) >= 11 is 10.8. The number of carboxylic acids is 1. The molecule has 4 aromatic carbocycles. The van der Waals surface area contributed by atoms with Crippen LogP contribution in [0.5, 0.6) is 5.75 Å². The van der Waals surface area contributed by atoms with E-state index in [1.54, 1.807) is 17.0 Å². The molecule has 1 N–H and O–H groups in total. The van der Waals surface area contributed by atoms with Gasteiger partial charge in [0.05, 0.1) is 27.2 Å². The van der Waals surface area contributed by atoms with Crippen molar-refractivity contribution in [2.45, 2.75) is 13.2 Å². The van der Waals surface area contributed by atoms with Crippen LogP contribution in [0, 0.1) is 0 Å². The van der Waals surface area contributed by atoms with Crippen molar-refractivity contribution in [1.82, 2.24) is 4.90 Å². The first-order chi connectivity index (χ1) is 19.4. The predicted octanol–water partition coefficient (Wildman–Crippen LogP) is 8.18. The first-order valence-electron chi connectivity index (χ1n) is 12.2. The molecular weight excluding hydrogens is 612 g/mol. The molecule has 200 valence electrons. The average molecular weight is 634 g/mol. The van der Waals surface area contributed by atoms with Crippen molar-refractivity contribution >= 4 is 68.1 Å². The summed E-state index contributed by atoms with van der Waals surface area (Å²) in [7, 11) is 0. The van der Waals surface area contributed by atoms with Crippen LogP contribution >= 0.6 is 39.3 Å². The topological polar surface area (TPSA) is 79.2 Å². The summed E-state index contributed by atoms with van der Waals surface area (Å²) in [5.41, 5.74) is 3.54. The molecule has 1 fully saturated rings. The Morgan fingerprint density at radius 3 is 2.35 bits per heavy atom. The van der Waals surface area contributed by atoms with Crippen molar-refractivity contribution in [2.75, 3.05) is 0 Å². The molecule has 5 rings (SSSR count). The molecule has 0 unspecified atom stereocenters. The molecule has 9 heteroatoms. The second kappa shape index (κ2) is 12.6. The highest BCUT2D eigenvalue weighted by Crippen LogP contribution is 2.36. The Balaban J connectivity index is 1.37. The molecule has 1 aliphatic heterocycles. The van der Waals surface area contributed by atoms with Crippen LogP contribution in [0.4, 0.5) is 5.69 Å². The van der Waals surface area contributed by atoms with Gasteiger partial charge in [0.2, 0.25) is 0 Å². The number of hydrogen-bond acceptors (Lipinski definition) is 5. The Morgan fingerprint density at radius 2 is 1.68 bits per heavy atom. The highest BCUT2D eigenvalue weighted by atomic mass is 79.9. The minimum absolute atomic E-state index is 0.179. The molecule has 1 saturated heterocycles. The fourth-order valence-electron chi connectivity index (χ4n) is 3.90. The lowest BCUT2D eigenvalue weighted by molar-refractivity contribution is -0.122. The van der Waals surface area contributed by atoms with Gasteiger partial charge in [-0.05, 0) is 99.0 Å². The van der Waals surface area contributed by atoms with Crippen molar-refractivity contribution in [3.8, 4) is 5.75 Å². The number of carbonyl (C=O) groups excluding carboxylic acids is 1. The van der Waals surface area contributed by atoms with Gasteiger partial charge in [-0.3, -0.25) is 9.69 Å². The summed E-state index contributed by atoms with van der Waals surface area (Å²) in [6.45, 7) is 0.655. The lowest BCUT2D eigenvalue weighted by Gasteiger charge is -2.16. The molecule has 0 bridgehead atoms. The minimum Gasteiger partial charge on any atom is -0.488 e. The maximum absolute atomic E-state index is 13.5. The van der Waals surface area contributed by atoms with Gasteiger partial charge in [0, 0.05) is 5.02 Å². The summed E-state index contributed by atoms with van der Waals surface area (Å²) in [6.07, 6.45) is 1.83. The zero-order valence-corrected chi connectivity index (χ0v) is 24.1. The second-order valence-corrected chi connectivity index (χ2v) is 11.1. The van der Waals surface area contributed by atoms with Gasteiger partial charge in [0.25, 0.3) is 5.91 Å². The Labute approximate surface area is 249 Å². The zero-order chi connectivity index (χ0) is 28.1. The van der Waals surface area contributed by atoms with Gasteiger partial charge in [0.15, 0.2) is 5.17 Å². The molecule has 0 aromatic heterocycles. The standard InChI is InChI=1S/C31H22BrClN2O4S/c32-26-16-22(10-15-27(26)39-19-21-8-13-24(33)14-9-21)17-28-29(36)35(18-20-6-11-23(12-7-20)30(37)38)31(40-28)34-25-4-2-1-3-5-25/h1-17H,18-19H2,(H,37,38)/b28-17-,34-31?. The molecule has 1 heterocycles. The Hall–Kier alpha value is -3.85. The van der Waals surface area contributed by atoms with Crippen LogP contribution in [0.15, 0.2) is 111 Å². The Morgan fingerprint density at radius 1 is 0.975 bits per heavy atom. The summed E-state index contributed by atoms with van der Waals surface area (Å²) in [6, 6.07) is 29.1. The highest BCUT2D eigenvalue weighted by molar-refractivity contribution is 9.10. The first kappa shape index (κ1) is 27.7. The molecule has 1 aliphatic rings. The van der Waals surface area contributed by atoms with E-state index < -0.39 is 5.97 Å². The Bertz CT molecular complexity index is 1610. The van der Waals surface area contributed by atoms with Gasteiger partial charge in [-0.25, -0.2) is 9.79 Å². The average Bonchev–Trinajstić information content (AvgIpc) is 3.23. The van der Waals surface area contributed by atoms with Gasteiger partial charge >= 0.3 is 5.97 Å². The molecular formula is C31H22BrClN2O4S. The predicted molar refractivity (Wildman–Crippen MR) is 163 cm³/mol. The van der Waals surface area contributed by atoms with E-state index in [2.05, 4.69) is 15.9 Å². The summed E-state index contributed by atoms with van der Waals surface area (Å²) in [5, 5.41) is 10.4. The molecule has 6 nitrogen and oxygen atoms in total. The van der Waals surface area contributed by atoms with E-state index in [4.69, 9.17) is 21.3 Å². The highest BCUT2D eigenvalue weighted by Gasteiger charge is 2.33. The van der Waals surface area contributed by atoms with Gasteiger partial charge in [-0.1, -0.05) is 60.1 Å². The van der Waals surface area contributed by atoms with Gasteiger partial charge in [0.1, 0.15) is 12.4 Å². The van der Waals surface area contributed by atoms with Crippen LogP contribution in [-0.4, -0.2) is 27.1 Å². The molecule has 0 atom stereocenters. The largest absolute Gasteiger partial charge is 0.488 e. The van der Waals surface area contributed by atoms with E-state index in [-0.39, 0.29) is 18.0 Å². The van der Waals surface area contributed by atoms with Crippen molar-refractivity contribution in [2.24, 2.45) is 4.99 Å². The SMILES string of the molecule is O=C(O)c1ccc(CN2C(=O)/C(=C/c3ccc(OCc4ccc(Cl)cc4)c(Br)c3)SC2=Nc2ccccc2)cc1. The van der Waals surface area contributed by atoms with Crippen molar-refractivity contribution < 1.29 is 19.4 Å². The van der Waals surface area contributed by atoms with E-state index >= 15 is 0 Å². The van der Waals surface area contributed by atoms with E-state index in [1.807, 2.05) is 78.9 Å². The van der Waals surface area contributed by atoms with E-state index in [1.165, 1.54) is 23.9 Å². The number of nitrogens with zero attached hydrogens (tertiary/aromatic N) is 2. The number of carbonyl (C=O) groups is 2. The molecule has 1 amide bonds. The zero-order valence-electron chi connectivity index (χ0n) is 21.0. The third-order valence-electron chi connectivity index (χ3n) is 5.97. The van der Waals surface area contributed by atoms with Crippen molar-refractivity contribution in [1.29, 1.82) is 0 Å². The minimum atomic E-state index is -0.997. The lowest BCUT2D eigenvalue weighted by Crippen LogP contribution is -2.28. The maximum atomic E-state index is 13.5. The molecule has 40 heavy (non-hydrogen) atoms. The number of thioether (sulfide) groups is 1. The van der Waals surface area contributed by atoms with Crippen LogP contribution in [0.2, 0.25) is 5.02 Å². The number of hydrogen-bond donors (Lipinski definition) is 1. The van der Waals surface area contributed by atoms with Crippen LogP contribution in [0.25, 0.3) is 6.08 Å². The second-order valence-electron chi connectivity index (χ2n) is 8.84. The fraction of sp³-hybridized carbons (Fsp3) is 0.0645. The van der Waals surface area contributed by atoms with Gasteiger partial charge in [-0.15, -0.1) is 0 Å². The molecule has 0 radical (unpaired) electrons. The fourth-order valence-corrected chi connectivity index (χ4v) is 5.53. The van der Waals surface area contributed by atoms with Gasteiger partial charge in [-0.2, -0.15) is 0 Å². The van der Waals surface area contributed by atoms with E-state index in [0.29, 0.717) is 27.5 Å². The third-order valence-corrected chi connectivity index (χ3v) is 7.85. The van der Waals surface area contributed by atoms with Crippen LogP contribution in [0.3, 0.4) is 0 Å². The number of amides is 1. The number of amidine groups is 1. The molecule has 0 spiro atoms. The normalized spacial score (nSPS) is 15.2. The number of carboxylic acid groups (broad SMARTS) is 1. The Kier molecular flexibility index (Phi) is 8.69. The van der Waals surface area contributed by atoms with Crippen LogP contribution < -0.4 is 4.74 Å². The summed E-state index contributed by atoms with van der Waals surface area (Å²) in [4.78, 5) is 31.6. The summed E-state index contributed by atoms with van der Waals surface area (Å²) < 4.78 is 6.72. The van der Waals surface area contributed by atoms with E-state index in [9.17, 15) is 14.7 Å². The monoisotopic (exact) mass is 632 g/mol. The smallest absolute Gasteiger partial charge is 0.335 e. The van der Waals surface area contributed by atoms with Crippen LogP contribution in [-0.2, 0) is 17.9 Å². The number of rotatable bonds is 8. The molecule has 0 saturated carbocycles. The van der Waals surface area contributed by atoms with Gasteiger partial charge < -0.3 is 9.84 Å². The number of para-hydroxylation sites is 1. The van der Waals surface area contributed by atoms with Crippen molar-refractivity contribution in [3.05, 3.63) is 134 Å². The summed E-state index contributed by atoms with van der Waals surface area (Å²) in [5.74, 6) is -0.495. The van der Waals surface area contributed by atoms with Crippen LogP contribution in [0.1, 0.15) is 27.0 Å². The molecule has 4 aromatic rings. The number of halogens is 2. The number of aliphatic imine (C=N–C) groups is 1. The number of benzene rings is 4. The van der Waals surface area contributed by atoms with E-state index in [0.717, 1.165) is 26.9 Å². The lowest BCUT2D eigenvalue weighted by atomic mass is 10.1.